The van der Waals surface area contributed by atoms with Crippen LogP contribution in [0.4, 0.5) is 5.69 Å². The van der Waals surface area contributed by atoms with E-state index >= 15 is 0 Å². The normalized spacial score (nSPS) is 17.2. The minimum Gasteiger partial charge on any atom is -0.371 e. The number of primary amides is 1. The topological polar surface area (TPSA) is 59.2 Å². The van der Waals surface area contributed by atoms with Gasteiger partial charge in [0.25, 0.3) is 0 Å². The van der Waals surface area contributed by atoms with Gasteiger partial charge in [0, 0.05) is 37.1 Å². The Labute approximate surface area is 102 Å². The van der Waals surface area contributed by atoms with Crippen LogP contribution < -0.4 is 10.6 Å². The van der Waals surface area contributed by atoms with E-state index in [4.69, 9.17) is 5.73 Å². The molecule has 0 spiro atoms. The Morgan fingerprint density at radius 3 is 2.29 bits per heavy atom. The van der Waals surface area contributed by atoms with Crippen LogP contribution in [-0.4, -0.2) is 24.0 Å². The molecule has 1 aromatic heterocycles. The molecule has 0 saturated carbocycles. The number of hydrogen-bond donors (Lipinski definition) is 1. The van der Waals surface area contributed by atoms with Gasteiger partial charge in [-0.1, -0.05) is 0 Å². The molecule has 1 aliphatic rings. The Kier molecular flexibility index (Phi) is 3.31. The van der Waals surface area contributed by atoms with E-state index in [1.165, 1.54) is 16.8 Å². The molecule has 0 bridgehead atoms. The monoisotopic (exact) mass is 233 g/mol. The van der Waals surface area contributed by atoms with Crippen molar-refractivity contribution in [3.8, 4) is 0 Å². The highest BCUT2D eigenvalue weighted by Crippen LogP contribution is 2.28. The number of carbonyl (C=O) groups is 1. The number of amides is 1. The zero-order valence-electron chi connectivity index (χ0n) is 10.4. The van der Waals surface area contributed by atoms with E-state index in [2.05, 4.69) is 23.7 Å². The third-order valence-electron chi connectivity index (χ3n) is 3.50. The van der Waals surface area contributed by atoms with Crippen molar-refractivity contribution in [2.75, 3.05) is 18.0 Å². The SMILES string of the molecule is Cc1cncc(C)c1N1CCC(C(N)=O)CC1. The number of rotatable bonds is 2. The van der Waals surface area contributed by atoms with Crippen molar-refractivity contribution in [3.05, 3.63) is 23.5 Å². The van der Waals surface area contributed by atoms with Crippen LogP contribution >= 0.6 is 0 Å². The first-order chi connectivity index (χ1) is 8.09. The molecule has 1 amide bonds. The van der Waals surface area contributed by atoms with Crippen LogP contribution in [0.2, 0.25) is 0 Å². The highest BCUT2D eigenvalue weighted by atomic mass is 16.1. The standard InChI is InChI=1S/C13H19N3O/c1-9-7-15-8-10(2)12(9)16-5-3-11(4-6-16)13(14)17/h7-8,11H,3-6H2,1-2H3,(H2,14,17). The highest BCUT2D eigenvalue weighted by molar-refractivity contribution is 5.77. The largest absolute Gasteiger partial charge is 0.371 e. The summed E-state index contributed by atoms with van der Waals surface area (Å²) in [5.41, 5.74) is 9.00. The van der Waals surface area contributed by atoms with Crippen molar-refractivity contribution in [2.45, 2.75) is 26.7 Å². The lowest BCUT2D eigenvalue weighted by atomic mass is 9.95. The molecule has 0 unspecified atom stereocenters. The van der Waals surface area contributed by atoms with Gasteiger partial charge in [0.15, 0.2) is 0 Å². The van der Waals surface area contributed by atoms with Crippen LogP contribution in [0.25, 0.3) is 0 Å². The number of aryl methyl sites for hydroxylation is 2. The minimum atomic E-state index is -0.159. The smallest absolute Gasteiger partial charge is 0.220 e. The van der Waals surface area contributed by atoms with Gasteiger partial charge >= 0.3 is 0 Å². The van der Waals surface area contributed by atoms with E-state index in [0.717, 1.165) is 25.9 Å². The van der Waals surface area contributed by atoms with Crippen molar-refractivity contribution < 1.29 is 4.79 Å². The molecule has 4 heteroatoms. The van der Waals surface area contributed by atoms with E-state index in [1.807, 2.05) is 12.4 Å². The Bertz CT molecular complexity index is 402. The number of piperidine rings is 1. The average molecular weight is 233 g/mol. The van der Waals surface area contributed by atoms with E-state index in [9.17, 15) is 4.79 Å². The van der Waals surface area contributed by atoms with Gasteiger partial charge in [0.05, 0.1) is 0 Å². The van der Waals surface area contributed by atoms with Gasteiger partial charge < -0.3 is 10.6 Å². The molecule has 1 saturated heterocycles. The lowest BCUT2D eigenvalue weighted by Crippen LogP contribution is -2.39. The quantitative estimate of drug-likeness (QED) is 0.840. The van der Waals surface area contributed by atoms with Crippen molar-refractivity contribution in [2.24, 2.45) is 11.7 Å². The number of hydrogen-bond acceptors (Lipinski definition) is 3. The first-order valence-corrected chi connectivity index (χ1v) is 6.05. The third-order valence-corrected chi connectivity index (χ3v) is 3.50. The first-order valence-electron chi connectivity index (χ1n) is 6.05. The Morgan fingerprint density at radius 1 is 1.29 bits per heavy atom. The number of aromatic nitrogens is 1. The van der Waals surface area contributed by atoms with Gasteiger partial charge in [0.2, 0.25) is 5.91 Å². The Hall–Kier alpha value is -1.58. The summed E-state index contributed by atoms with van der Waals surface area (Å²) in [5.74, 6) is -0.110. The molecule has 1 fully saturated rings. The molecule has 2 N–H and O–H groups in total. The maximum Gasteiger partial charge on any atom is 0.220 e. The zero-order valence-corrected chi connectivity index (χ0v) is 10.4. The molecule has 17 heavy (non-hydrogen) atoms. The lowest BCUT2D eigenvalue weighted by Gasteiger charge is -2.34. The summed E-state index contributed by atoms with van der Waals surface area (Å²) in [6.45, 7) is 5.96. The number of nitrogens with zero attached hydrogens (tertiary/aromatic N) is 2. The third kappa shape index (κ3) is 2.40. The molecule has 0 aliphatic carbocycles. The predicted octanol–water partition coefficient (Wildman–Crippen LogP) is 1.40. The molecule has 92 valence electrons. The van der Waals surface area contributed by atoms with Crippen LogP contribution in [0.5, 0.6) is 0 Å². The number of nitrogens with two attached hydrogens (primary N) is 1. The van der Waals surface area contributed by atoms with Gasteiger partial charge in [-0.15, -0.1) is 0 Å². The van der Waals surface area contributed by atoms with E-state index in [-0.39, 0.29) is 11.8 Å². The summed E-state index contributed by atoms with van der Waals surface area (Å²) >= 11 is 0. The summed E-state index contributed by atoms with van der Waals surface area (Å²) in [4.78, 5) is 17.6. The van der Waals surface area contributed by atoms with Crippen molar-refractivity contribution >= 4 is 11.6 Å². The lowest BCUT2D eigenvalue weighted by molar-refractivity contribution is -0.122. The summed E-state index contributed by atoms with van der Waals surface area (Å²) in [6.07, 6.45) is 5.50. The molecular weight excluding hydrogens is 214 g/mol. The van der Waals surface area contributed by atoms with Crippen LogP contribution in [0.1, 0.15) is 24.0 Å². The molecule has 4 nitrogen and oxygen atoms in total. The Balaban J connectivity index is 2.13. The second kappa shape index (κ2) is 4.73. The van der Waals surface area contributed by atoms with Crippen molar-refractivity contribution in [3.63, 3.8) is 0 Å². The number of carbonyl (C=O) groups excluding carboxylic acids is 1. The maximum atomic E-state index is 11.1. The fourth-order valence-electron chi connectivity index (χ4n) is 2.58. The number of pyridine rings is 1. The van der Waals surface area contributed by atoms with Crippen molar-refractivity contribution in [1.29, 1.82) is 0 Å². The molecule has 1 aromatic rings. The molecule has 2 heterocycles. The molecule has 2 rings (SSSR count). The number of anilines is 1. The van der Waals surface area contributed by atoms with E-state index in [0.29, 0.717) is 0 Å². The predicted molar refractivity (Wildman–Crippen MR) is 67.8 cm³/mol. The van der Waals surface area contributed by atoms with Crippen molar-refractivity contribution in [1.82, 2.24) is 4.98 Å². The summed E-state index contributed by atoms with van der Waals surface area (Å²) in [6, 6.07) is 0. The first kappa shape index (κ1) is 11.9. The Morgan fingerprint density at radius 2 is 1.82 bits per heavy atom. The minimum absolute atomic E-state index is 0.0497. The second-order valence-electron chi connectivity index (χ2n) is 4.79. The summed E-state index contributed by atoms with van der Waals surface area (Å²) in [5, 5.41) is 0. The van der Waals surface area contributed by atoms with Gasteiger partial charge in [0.1, 0.15) is 0 Å². The molecule has 0 aromatic carbocycles. The van der Waals surface area contributed by atoms with E-state index < -0.39 is 0 Å². The second-order valence-corrected chi connectivity index (χ2v) is 4.79. The summed E-state index contributed by atoms with van der Waals surface area (Å²) < 4.78 is 0. The molecule has 0 atom stereocenters. The fourth-order valence-corrected chi connectivity index (χ4v) is 2.58. The average Bonchev–Trinajstić information content (AvgIpc) is 2.29. The van der Waals surface area contributed by atoms with Gasteiger partial charge in [-0.25, -0.2) is 0 Å². The van der Waals surface area contributed by atoms with Crippen LogP contribution in [0.3, 0.4) is 0 Å². The van der Waals surface area contributed by atoms with Crippen LogP contribution in [-0.2, 0) is 4.79 Å². The van der Waals surface area contributed by atoms with E-state index in [1.54, 1.807) is 0 Å². The molecular formula is C13H19N3O. The van der Waals surface area contributed by atoms with Crippen LogP contribution in [0.15, 0.2) is 12.4 Å². The summed E-state index contributed by atoms with van der Waals surface area (Å²) in [7, 11) is 0. The van der Waals surface area contributed by atoms with Gasteiger partial charge in [-0.3, -0.25) is 9.78 Å². The van der Waals surface area contributed by atoms with Crippen LogP contribution in [0, 0.1) is 19.8 Å². The van der Waals surface area contributed by atoms with Gasteiger partial charge in [-0.2, -0.15) is 0 Å². The highest BCUT2D eigenvalue weighted by Gasteiger charge is 2.24. The fraction of sp³-hybridized carbons (Fsp3) is 0.538. The molecule has 0 radical (unpaired) electrons. The molecule has 1 aliphatic heterocycles. The zero-order chi connectivity index (χ0) is 12.4. The van der Waals surface area contributed by atoms with Gasteiger partial charge in [-0.05, 0) is 37.8 Å². The maximum absolute atomic E-state index is 11.1.